The van der Waals surface area contributed by atoms with E-state index >= 15 is 0 Å². The number of nitrogens with zero attached hydrogens (tertiary/aromatic N) is 2. The maximum atomic E-state index is 12.3. The van der Waals surface area contributed by atoms with Crippen LogP contribution >= 0.6 is 15.9 Å². The molecule has 0 spiro atoms. The van der Waals surface area contributed by atoms with Gasteiger partial charge in [-0.15, -0.1) is 0 Å². The van der Waals surface area contributed by atoms with Gasteiger partial charge in [-0.1, -0.05) is 15.9 Å². The predicted molar refractivity (Wildman–Crippen MR) is 119 cm³/mol. The number of anilines is 2. The van der Waals surface area contributed by atoms with E-state index in [0.29, 0.717) is 0 Å². The molecule has 3 rings (SSSR count). The van der Waals surface area contributed by atoms with Gasteiger partial charge in [0.2, 0.25) is 5.91 Å². The molecular formula is C22H26BrN3O2. The number of hydrogen-bond donors (Lipinski definition) is 1. The van der Waals surface area contributed by atoms with Gasteiger partial charge in [-0.3, -0.25) is 4.79 Å². The zero-order valence-corrected chi connectivity index (χ0v) is 18.1. The Bertz CT molecular complexity index is 874. The summed E-state index contributed by atoms with van der Waals surface area (Å²) in [6.07, 6.45) is 3.28. The zero-order valence-electron chi connectivity index (χ0n) is 16.5. The SMILES string of the molecule is COc1ccc(Br)cc1/C=C/C(=O)Nc1ccc(N2CCN(C)CC2)c(C)c1. The number of aryl methyl sites for hydroxylation is 1. The van der Waals surface area contributed by atoms with Crippen LogP contribution in [0.3, 0.4) is 0 Å². The van der Waals surface area contributed by atoms with E-state index in [1.54, 1.807) is 13.2 Å². The molecule has 1 saturated heterocycles. The maximum Gasteiger partial charge on any atom is 0.248 e. The van der Waals surface area contributed by atoms with E-state index in [2.05, 4.69) is 51.1 Å². The van der Waals surface area contributed by atoms with E-state index < -0.39 is 0 Å². The van der Waals surface area contributed by atoms with Crippen LogP contribution in [0.4, 0.5) is 11.4 Å². The molecule has 6 heteroatoms. The molecule has 0 aliphatic carbocycles. The minimum Gasteiger partial charge on any atom is -0.496 e. The van der Waals surface area contributed by atoms with E-state index in [4.69, 9.17) is 4.74 Å². The van der Waals surface area contributed by atoms with Crippen LogP contribution in [0.25, 0.3) is 6.08 Å². The Morgan fingerprint density at radius 3 is 2.57 bits per heavy atom. The van der Waals surface area contributed by atoms with Crippen LogP contribution < -0.4 is 15.0 Å². The molecule has 148 valence electrons. The number of methoxy groups -OCH3 is 1. The number of benzene rings is 2. The molecule has 1 aliphatic heterocycles. The fourth-order valence-corrected chi connectivity index (χ4v) is 3.70. The van der Waals surface area contributed by atoms with E-state index in [9.17, 15) is 4.79 Å². The van der Waals surface area contributed by atoms with Gasteiger partial charge in [-0.2, -0.15) is 0 Å². The smallest absolute Gasteiger partial charge is 0.248 e. The average molecular weight is 444 g/mol. The Balaban J connectivity index is 1.66. The summed E-state index contributed by atoms with van der Waals surface area (Å²) in [4.78, 5) is 17.1. The van der Waals surface area contributed by atoms with Crippen molar-refractivity contribution in [1.29, 1.82) is 0 Å². The van der Waals surface area contributed by atoms with Crippen molar-refractivity contribution in [2.24, 2.45) is 0 Å². The summed E-state index contributed by atoms with van der Waals surface area (Å²) in [7, 11) is 3.77. The lowest BCUT2D eigenvalue weighted by Gasteiger charge is -2.35. The van der Waals surface area contributed by atoms with Crippen molar-refractivity contribution in [3.05, 3.63) is 58.1 Å². The van der Waals surface area contributed by atoms with Crippen LogP contribution in [0.15, 0.2) is 46.9 Å². The first kappa shape index (κ1) is 20.4. The number of carbonyl (C=O) groups is 1. The summed E-state index contributed by atoms with van der Waals surface area (Å²) >= 11 is 3.44. The molecule has 0 radical (unpaired) electrons. The van der Waals surface area contributed by atoms with Gasteiger partial charge in [-0.25, -0.2) is 0 Å². The van der Waals surface area contributed by atoms with E-state index in [-0.39, 0.29) is 5.91 Å². The Morgan fingerprint density at radius 1 is 1.14 bits per heavy atom. The van der Waals surface area contributed by atoms with Crippen LogP contribution in [0.5, 0.6) is 5.75 Å². The van der Waals surface area contributed by atoms with E-state index in [1.165, 1.54) is 17.3 Å². The average Bonchev–Trinajstić information content (AvgIpc) is 2.67. The van der Waals surface area contributed by atoms with Crippen molar-refractivity contribution in [1.82, 2.24) is 4.90 Å². The number of piperazine rings is 1. The highest BCUT2D eigenvalue weighted by molar-refractivity contribution is 9.10. The molecule has 1 aliphatic rings. The summed E-state index contributed by atoms with van der Waals surface area (Å²) in [5.41, 5.74) is 4.04. The minimum absolute atomic E-state index is 0.172. The Morgan fingerprint density at radius 2 is 1.89 bits per heavy atom. The normalized spacial score (nSPS) is 15.1. The first-order chi connectivity index (χ1) is 13.5. The summed E-state index contributed by atoms with van der Waals surface area (Å²) < 4.78 is 6.27. The van der Waals surface area contributed by atoms with Crippen molar-refractivity contribution >= 4 is 39.3 Å². The van der Waals surface area contributed by atoms with Crippen molar-refractivity contribution < 1.29 is 9.53 Å². The second-order valence-corrected chi connectivity index (χ2v) is 7.92. The number of likely N-dealkylation sites (N-methyl/N-ethyl adjacent to an activating group) is 1. The molecule has 1 amide bonds. The lowest BCUT2D eigenvalue weighted by Crippen LogP contribution is -2.44. The second kappa shape index (κ2) is 9.26. The highest BCUT2D eigenvalue weighted by atomic mass is 79.9. The minimum atomic E-state index is -0.172. The third-order valence-corrected chi connectivity index (χ3v) is 5.41. The fourth-order valence-electron chi connectivity index (χ4n) is 3.32. The summed E-state index contributed by atoms with van der Waals surface area (Å²) in [5, 5.41) is 2.94. The van der Waals surface area contributed by atoms with Crippen LogP contribution in [-0.2, 0) is 4.79 Å². The molecule has 28 heavy (non-hydrogen) atoms. The summed E-state index contributed by atoms with van der Waals surface area (Å²) in [6, 6.07) is 11.8. The molecule has 0 saturated carbocycles. The van der Waals surface area contributed by atoms with Gasteiger partial charge in [0.05, 0.1) is 7.11 Å². The number of rotatable bonds is 5. The molecule has 1 fully saturated rings. The molecular weight excluding hydrogens is 418 g/mol. The predicted octanol–water partition coefficient (Wildman–Crippen LogP) is 4.17. The lowest BCUT2D eigenvalue weighted by atomic mass is 10.1. The maximum absolute atomic E-state index is 12.3. The topological polar surface area (TPSA) is 44.8 Å². The lowest BCUT2D eigenvalue weighted by molar-refractivity contribution is -0.111. The quantitative estimate of drug-likeness (QED) is 0.704. The first-order valence-electron chi connectivity index (χ1n) is 9.33. The Labute approximate surface area is 175 Å². The molecule has 1 N–H and O–H groups in total. The van der Waals surface area contributed by atoms with Gasteiger partial charge in [0.1, 0.15) is 5.75 Å². The number of hydrogen-bond acceptors (Lipinski definition) is 4. The van der Waals surface area contributed by atoms with Crippen molar-refractivity contribution in [3.8, 4) is 5.75 Å². The van der Waals surface area contributed by atoms with Crippen molar-refractivity contribution in [2.75, 3.05) is 50.6 Å². The Kier molecular flexibility index (Phi) is 6.75. The van der Waals surface area contributed by atoms with Gasteiger partial charge >= 0.3 is 0 Å². The summed E-state index contributed by atoms with van der Waals surface area (Å²) in [6.45, 7) is 6.29. The number of nitrogens with one attached hydrogen (secondary N) is 1. The number of halogens is 1. The molecule has 0 aromatic heterocycles. The van der Waals surface area contributed by atoms with Gasteiger partial charge in [0.15, 0.2) is 0 Å². The molecule has 2 aromatic rings. The zero-order chi connectivity index (χ0) is 20.1. The Hall–Kier alpha value is -2.31. The molecule has 0 bridgehead atoms. The number of amides is 1. The first-order valence-corrected chi connectivity index (χ1v) is 10.1. The van der Waals surface area contributed by atoms with Gasteiger partial charge in [0, 0.05) is 53.7 Å². The van der Waals surface area contributed by atoms with Gasteiger partial charge in [0.25, 0.3) is 0 Å². The van der Waals surface area contributed by atoms with Gasteiger partial charge in [-0.05, 0) is 62.0 Å². The molecule has 5 nitrogen and oxygen atoms in total. The standard InChI is InChI=1S/C22H26BrN3O2/c1-16-14-19(6-7-20(16)26-12-10-25(2)11-13-26)24-22(27)9-4-17-15-18(23)5-8-21(17)28-3/h4-9,14-15H,10-13H2,1-3H3,(H,24,27)/b9-4+. The van der Waals surface area contributed by atoms with Crippen molar-refractivity contribution in [3.63, 3.8) is 0 Å². The number of carbonyl (C=O) groups excluding carboxylic acids is 1. The van der Waals surface area contributed by atoms with Gasteiger partial charge < -0.3 is 19.9 Å². The molecule has 0 atom stereocenters. The van der Waals surface area contributed by atoms with Crippen LogP contribution in [0.1, 0.15) is 11.1 Å². The van der Waals surface area contributed by atoms with Crippen molar-refractivity contribution in [2.45, 2.75) is 6.92 Å². The summed E-state index contributed by atoms with van der Waals surface area (Å²) in [5.74, 6) is 0.549. The molecule has 1 heterocycles. The third-order valence-electron chi connectivity index (χ3n) is 4.91. The van der Waals surface area contributed by atoms with Crippen LogP contribution in [0, 0.1) is 6.92 Å². The highest BCUT2D eigenvalue weighted by Gasteiger charge is 2.16. The largest absolute Gasteiger partial charge is 0.496 e. The molecule has 2 aromatic carbocycles. The molecule has 0 unspecified atom stereocenters. The van der Waals surface area contributed by atoms with E-state index in [1.807, 2.05) is 30.3 Å². The monoisotopic (exact) mass is 443 g/mol. The van der Waals surface area contributed by atoms with Crippen LogP contribution in [-0.4, -0.2) is 51.1 Å². The second-order valence-electron chi connectivity index (χ2n) is 7.00. The van der Waals surface area contributed by atoms with E-state index in [0.717, 1.165) is 47.7 Å². The number of ether oxygens (including phenoxy) is 1. The van der Waals surface area contributed by atoms with Crippen LogP contribution in [0.2, 0.25) is 0 Å². The highest BCUT2D eigenvalue weighted by Crippen LogP contribution is 2.26. The third kappa shape index (κ3) is 5.14. The fraction of sp³-hybridized carbons (Fsp3) is 0.318.